The van der Waals surface area contributed by atoms with Gasteiger partial charge in [0.25, 0.3) is 0 Å². The summed E-state index contributed by atoms with van der Waals surface area (Å²) in [5, 5.41) is 32.9. The number of phenols is 2. The average molecular weight is 349 g/mol. The molecule has 7 heteroatoms. The van der Waals surface area contributed by atoms with Crippen LogP contribution in [0.3, 0.4) is 0 Å². The monoisotopic (exact) mass is 349 g/mol. The molecule has 1 aromatic carbocycles. The highest BCUT2D eigenvalue weighted by atomic mass is 16.5. The summed E-state index contributed by atoms with van der Waals surface area (Å²) >= 11 is 0. The maximum atomic E-state index is 11.2. The second kappa shape index (κ2) is 8.89. The van der Waals surface area contributed by atoms with Gasteiger partial charge in [0.15, 0.2) is 0 Å². The van der Waals surface area contributed by atoms with E-state index in [4.69, 9.17) is 0 Å². The van der Waals surface area contributed by atoms with Crippen molar-refractivity contribution in [3.05, 3.63) is 41.5 Å². The van der Waals surface area contributed by atoms with E-state index in [9.17, 15) is 24.9 Å². The molecular weight excluding hydrogens is 326 g/mol. The molecule has 0 saturated heterocycles. The highest BCUT2D eigenvalue weighted by Crippen LogP contribution is 2.38. The number of carbonyl (C=O) groups excluding carboxylic acids is 2. The van der Waals surface area contributed by atoms with Crippen molar-refractivity contribution in [2.75, 3.05) is 12.4 Å². The van der Waals surface area contributed by atoms with Gasteiger partial charge in [-0.3, -0.25) is 4.79 Å². The highest BCUT2D eigenvalue weighted by molar-refractivity contribution is 5.91. The van der Waals surface area contributed by atoms with Crippen molar-refractivity contribution < 1.29 is 29.6 Å². The molecule has 0 spiro atoms. The molecule has 2 unspecified atom stereocenters. The molecule has 0 radical (unpaired) electrons. The Balaban J connectivity index is 3.07. The maximum absolute atomic E-state index is 11.2. The van der Waals surface area contributed by atoms with E-state index in [2.05, 4.69) is 10.1 Å². The summed E-state index contributed by atoms with van der Waals surface area (Å²) in [5.41, 5.74) is 0.802. The van der Waals surface area contributed by atoms with Crippen molar-refractivity contribution in [3.8, 4) is 11.5 Å². The van der Waals surface area contributed by atoms with Crippen LogP contribution in [0.5, 0.6) is 11.5 Å². The molecular formula is C18H23NO6. The number of allylic oxidation sites excluding steroid dienone is 2. The number of carbonyl (C=O) groups is 2. The lowest BCUT2D eigenvalue weighted by atomic mass is 9.94. The van der Waals surface area contributed by atoms with Crippen LogP contribution < -0.4 is 5.32 Å². The molecule has 4 N–H and O–H groups in total. The predicted octanol–water partition coefficient (Wildman–Crippen LogP) is 2.40. The number of esters is 1. The fourth-order valence-electron chi connectivity index (χ4n) is 2.26. The Kier molecular flexibility index (Phi) is 7.20. The molecule has 136 valence electrons. The number of aromatic hydroxyl groups is 2. The van der Waals surface area contributed by atoms with Gasteiger partial charge in [-0.2, -0.15) is 0 Å². The normalized spacial score (nSPS) is 14.2. The minimum atomic E-state index is -1.14. The Bertz CT molecular complexity index is 708. The van der Waals surface area contributed by atoms with E-state index in [0.717, 1.165) is 0 Å². The minimum Gasteiger partial charge on any atom is -0.508 e. The lowest BCUT2D eigenvalue weighted by Gasteiger charge is -2.20. The number of hydrogen-bond donors (Lipinski definition) is 4. The third kappa shape index (κ3) is 5.96. The summed E-state index contributed by atoms with van der Waals surface area (Å²) in [5.74, 6) is -1.87. The van der Waals surface area contributed by atoms with Crippen LogP contribution in [0.4, 0.5) is 5.69 Å². The predicted molar refractivity (Wildman–Crippen MR) is 93.1 cm³/mol. The molecule has 25 heavy (non-hydrogen) atoms. The minimum absolute atomic E-state index is 0.0139. The van der Waals surface area contributed by atoms with E-state index in [1.165, 1.54) is 32.2 Å². The molecule has 0 heterocycles. The quantitative estimate of drug-likeness (QED) is 0.206. The Morgan fingerprint density at radius 2 is 1.84 bits per heavy atom. The molecule has 2 atom stereocenters. The Hall–Kier alpha value is -2.80. The topological polar surface area (TPSA) is 116 Å². The Labute approximate surface area is 146 Å². The van der Waals surface area contributed by atoms with E-state index < -0.39 is 23.9 Å². The number of anilines is 1. The van der Waals surface area contributed by atoms with Gasteiger partial charge >= 0.3 is 5.97 Å². The Morgan fingerprint density at radius 1 is 1.20 bits per heavy atom. The van der Waals surface area contributed by atoms with Gasteiger partial charge in [-0.1, -0.05) is 24.6 Å². The molecule has 0 fully saturated rings. The standard InChI is InChI=1S/C18H23NO6/c1-10(5-6-16(22)25-4)7-11(2)17(23)14-8-13(21)9-15(18(14)24)19-12(3)20/h5-9,11,17,21,23-24H,1-4H3,(H,19,20)/b6-5+,10-7+. The molecule has 1 amide bonds. The summed E-state index contributed by atoms with van der Waals surface area (Å²) < 4.78 is 4.50. The number of benzene rings is 1. The summed E-state index contributed by atoms with van der Waals surface area (Å²) in [6, 6.07) is 2.42. The number of hydrogen-bond acceptors (Lipinski definition) is 6. The van der Waals surface area contributed by atoms with E-state index in [1.807, 2.05) is 0 Å². The molecule has 0 bridgehead atoms. The number of phenolic OH excluding ortho intramolecular Hbond substituents is 2. The first kappa shape index (κ1) is 20.2. The summed E-state index contributed by atoms with van der Waals surface area (Å²) in [4.78, 5) is 22.3. The fraction of sp³-hybridized carbons (Fsp3) is 0.333. The van der Waals surface area contributed by atoms with Crippen LogP contribution in [0.15, 0.2) is 35.9 Å². The van der Waals surface area contributed by atoms with Gasteiger partial charge in [-0.25, -0.2) is 4.79 Å². The number of ether oxygens (including phenoxy) is 1. The second-order valence-corrected chi connectivity index (χ2v) is 5.68. The zero-order valence-electron chi connectivity index (χ0n) is 14.6. The third-order valence-corrected chi connectivity index (χ3v) is 3.46. The molecule has 0 aliphatic heterocycles. The lowest BCUT2D eigenvalue weighted by molar-refractivity contribution is -0.134. The van der Waals surface area contributed by atoms with E-state index >= 15 is 0 Å². The van der Waals surface area contributed by atoms with Gasteiger partial charge in [-0.05, 0) is 13.0 Å². The van der Waals surface area contributed by atoms with Crippen molar-refractivity contribution in [2.45, 2.75) is 26.9 Å². The average Bonchev–Trinajstić information content (AvgIpc) is 2.54. The van der Waals surface area contributed by atoms with Crippen molar-refractivity contribution in [3.63, 3.8) is 0 Å². The largest absolute Gasteiger partial charge is 0.508 e. The summed E-state index contributed by atoms with van der Waals surface area (Å²) in [6.45, 7) is 4.72. The number of aliphatic hydroxyl groups is 1. The lowest BCUT2D eigenvalue weighted by Crippen LogP contribution is -2.10. The maximum Gasteiger partial charge on any atom is 0.330 e. The zero-order valence-corrected chi connectivity index (χ0v) is 14.6. The van der Waals surface area contributed by atoms with Crippen molar-refractivity contribution in [1.29, 1.82) is 0 Å². The number of nitrogens with one attached hydrogen (secondary N) is 1. The van der Waals surface area contributed by atoms with Crippen molar-refractivity contribution in [1.82, 2.24) is 0 Å². The van der Waals surface area contributed by atoms with Crippen LogP contribution in [-0.2, 0) is 14.3 Å². The van der Waals surface area contributed by atoms with Crippen LogP contribution in [0.2, 0.25) is 0 Å². The van der Waals surface area contributed by atoms with Gasteiger partial charge in [-0.15, -0.1) is 0 Å². The molecule has 1 rings (SSSR count). The van der Waals surface area contributed by atoms with Crippen molar-refractivity contribution in [2.24, 2.45) is 5.92 Å². The van der Waals surface area contributed by atoms with Crippen LogP contribution in [0.25, 0.3) is 0 Å². The number of aliphatic hydroxyl groups excluding tert-OH is 1. The highest BCUT2D eigenvalue weighted by Gasteiger charge is 2.21. The molecule has 0 aliphatic carbocycles. The summed E-state index contributed by atoms with van der Waals surface area (Å²) in [6.07, 6.45) is 3.36. The zero-order chi connectivity index (χ0) is 19.1. The molecule has 0 aliphatic rings. The van der Waals surface area contributed by atoms with Gasteiger partial charge in [0.2, 0.25) is 5.91 Å². The van der Waals surface area contributed by atoms with Crippen LogP contribution >= 0.6 is 0 Å². The summed E-state index contributed by atoms with van der Waals surface area (Å²) in [7, 11) is 1.27. The van der Waals surface area contributed by atoms with Gasteiger partial charge in [0.05, 0.1) is 18.9 Å². The molecule has 1 aromatic rings. The van der Waals surface area contributed by atoms with Gasteiger partial charge in [0.1, 0.15) is 11.5 Å². The van der Waals surface area contributed by atoms with E-state index in [1.54, 1.807) is 26.0 Å². The molecule has 0 aromatic heterocycles. The molecule has 0 saturated carbocycles. The van der Waals surface area contributed by atoms with Gasteiger partial charge in [0, 0.05) is 30.5 Å². The second-order valence-electron chi connectivity index (χ2n) is 5.68. The van der Waals surface area contributed by atoms with Crippen LogP contribution in [-0.4, -0.2) is 34.3 Å². The van der Waals surface area contributed by atoms with Crippen molar-refractivity contribution >= 4 is 17.6 Å². The van der Waals surface area contributed by atoms with Crippen LogP contribution in [0, 0.1) is 5.92 Å². The Morgan fingerprint density at radius 3 is 2.40 bits per heavy atom. The van der Waals surface area contributed by atoms with E-state index in [-0.39, 0.29) is 22.7 Å². The first-order valence-corrected chi connectivity index (χ1v) is 7.61. The van der Waals surface area contributed by atoms with Gasteiger partial charge < -0.3 is 25.4 Å². The smallest absolute Gasteiger partial charge is 0.330 e. The number of methoxy groups -OCH3 is 1. The van der Waals surface area contributed by atoms with Crippen LogP contribution in [0.1, 0.15) is 32.4 Å². The fourth-order valence-corrected chi connectivity index (χ4v) is 2.26. The first-order chi connectivity index (χ1) is 11.6. The number of amides is 1. The SMILES string of the molecule is COC(=O)/C=C/C(C)=C/C(C)C(O)c1cc(O)cc(NC(C)=O)c1O. The number of rotatable bonds is 6. The first-order valence-electron chi connectivity index (χ1n) is 7.61. The molecule has 7 nitrogen and oxygen atoms in total. The third-order valence-electron chi connectivity index (χ3n) is 3.46. The van der Waals surface area contributed by atoms with E-state index in [0.29, 0.717) is 5.57 Å².